The van der Waals surface area contributed by atoms with Gasteiger partial charge in [0.1, 0.15) is 11.6 Å². The highest BCUT2D eigenvalue weighted by atomic mass is 35.5. The number of benzene rings is 2. The van der Waals surface area contributed by atoms with E-state index >= 15 is 0 Å². The minimum Gasteiger partial charge on any atom is -0.444 e. The Morgan fingerprint density at radius 1 is 1.07 bits per heavy atom. The van der Waals surface area contributed by atoms with Crippen molar-refractivity contribution < 1.29 is 23.5 Å². The lowest BCUT2D eigenvalue weighted by Gasteiger charge is -2.38. The van der Waals surface area contributed by atoms with Crippen LogP contribution in [-0.4, -0.2) is 88.9 Å². The second-order valence-electron chi connectivity index (χ2n) is 11.0. The Kier molecular flexibility index (Phi) is 9.00. The summed E-state index contributed by atoms with van der Waals surface area (Å²) in [7, 11) is 1.59. The number of Topliss-reactive ketones (excluding diaryl/α,β-unsaturated/α-hetero) is 1. The molecular formula is C29H35ClN4O6. The first kappa shape index (κ1) is 29.4. The molecule has 0 unspecified atom stereocenters. The summed E-state index contributed by atoms with van der Waals surface area (Å²) in [5, 5.41) is 0.596. The first-order valence-electron chi connectivity index (χ1n) is 13.3. The Morgan fingerprint density at radius 3 is 2.40 bits per heavy atom. The van der Waals surface area contributed by atoms with Gasteiger partial charge in [-0.3, -0.25) is 24.4 Å². The maximum Gasteiger partial charge on any atom is 0.417 e. The Morgan fingerprint density at radius 2 is 1.75 bits per heavy atom. The van der Waals surface area contributed by atoms with Gasteiger partial charge in [0.2, 0.25) is 5.91 Å². The molecule has 1 aliphatic heterocycles. The van der Waals surface area contributed by atoms with Crippen molar-refractivity contribution in [1.82, 2.24) is 19.7 Å². The molecule has 2 aromatic carbocycles. The molecule has 2 amide bonds. The predicted octanol–water partition coefficient (Wildman–Crippen LogP) is 3.97. The zero-order chi connectivity index (χ0) is 29.0. The fourth-order valence-electron chi connectivity index (χ4n) is 4.62. The van der Waals surface area contributed by atoms with Crippen LogP contribution >= 0.6 is 11.6 Å². The first-order valence-corrected chi connectivity index (χ1v) is 13.6. The molecule has 0 bridgehead atoms. The lowest BCUT2D eigenvalue weighted by Crippen LogP contribution is -2.56. The highest BCUT2D eigenvalue weighted by molar-refractivity contribution is 6.30. The van der Waals surface area contributed by atoms with Gasteiger partial charge >= 0.3 is 11.8 Å². The quantitative estimate of drug-likeness (QED) is 0.407. The van der Waals surface area contributed by atoms with Gasteiger partial charge in [0.25, 0.3) is 0 Å². The number of oxazole rings is 1. The van der Waals surface area contributed by atoms with E-state index in [-0.39, 0.29) is 11.7 Å². The average Bonchev–Trinajstić information content (AvgIpc) is 3.29. The average molecular weight is 571 g/mol. The summed E-state index contributed by atoms with van der Waals surface area (Å²) in [5.74, 6) is -0.758. The van der Waals surface area contributed by atoms with Crippen LogP contribution in [0.5, 0.6) is 0 Å². The molecule has 1 saturated heterocycles. The van der Waals surface area contributed by atoms with Crippen molar-refractivity contribution in [3.05, 3.63) is 69.2 Å². The summed E-state index contributed by atoms with van der Waals surface area (Å²) in [6, 6.07) is 11.4. The van der Waals surface area contributed by atoms with Crippen LogP contribution in [0.4, 0.5) is 4.79 Å². The fraction of sp³-hybridized carbons (Fsp3) is 0.448. The largest absolute Gasteiger partial charge is 0.444 e. The van der Waals surface area contributed by atoms with Crippen molar-refractivity contribution in [3.8, 4) is 0 Å². The topological polar surface area (TPSA) is 116 Å². The van der Waals surface area contributed by atoms with Crippen LogP contribution in [0.2, 0.25) is 5.02 Å². The highest BCUT2D eigenvalue weighted by Gasteiger charge is 2.34. The molecule has 40 heavy (non-hydrogen) atoms. The molecule has 1 N–H and O–H groups in total. The van der Waals surface area contributed by atoms with E-state index < -0.39 is 23.5 Å². The number of halogens is 1. The van der Waals surface area contributed by atoms with Gasteiger partial charge < -0.3 is 14.1 Å². The van der Waals surface area contributed by atoms with Crippen molar-refractivity contribution in [2.24, 2.45) is 0 Å². The lowest BCUT2D eigenvalue weighted by atomic mass is 10.0. The van der Waals surface area contributed by atoms with Crippen LogP contribution in [0.25, 0.3) is 11.1 Å². The number of nitrogens with one attached hydrogen (secondary N) is 1. The Hall–Kier alpha value is -3.63. The number of carbonyl (C=O) groups excluding carboxylic acids is 3. The molecule has 0 radical (unpaired) electrons. The molecule has 10 nitrogen and oxygen atoms in total. The van der Waals surface area contributed by atoms with Gasteiger partial charge in [-0.1, -0.05) is 23.7 Å². The minimum absolute atomic E-state index is 0.0498. The van der Waals surface area contributed by atoms with Crippen LogP contribution in [0.1, 0.15) is 43.1 Å². The maximum atomic E-state index is 13.7. The summed E-state index contributed by atoms with van der Waals surface area (Å²) in [4.78, 5) is 58.5. The molecule has 1 aromatic heterocycles. The third-order valence-corrected chi connectivity index (χ3v) is 7.11. The zero-order valence-corrected chi connectivity index (χ0v) is 24.0. The predicted molar refractivity (Wildman–Crippen MR) is 152 cm³/mol. The Labute approximate surface area is 237 Å². The number of fused-ring (bicyclic) bond motifs is 1. The molecule has 0 aliphatic carbocycles. The van der Waals surface area contributed by atoms with Crippen LogP contribution in [0, 0.1) is 0 Å². The van der Waals surface area contributed by atoms with Gasteiger partial charge in [-0.15, -0.1) is 0 Å². The van der Waals surface area contributed by atoms with Crippen LogP contribution < -0.4 is 5.76 Å². The molecule has 0 saturated carbocycles. The number of piperazine rings is 1. The van der Waals surface area contributed by atoms with E-state index in [1.165, 1.54) is 4.90 Å². The van der Waals surface area contributed by atoms with E-state index in [0.717, 1.165) is 5.56 Å². The minimum atomic E-state index is -0.743. The van der Waals surface area contributed by atoms with Gasteiger partial charge in [-0.25, -0.2) is 9.59 Å². The molecule has 1 fully saturated rings. The number of H-pyrrole nitrogens is 1. The Bertz CT molecular complexity index is 1420. The molecule has 214 valence electrons. The van der Waals surface area contributed by atoms with Crippen LogP contribution in [-0.2, 0) is 16.0 Å². The van der Waals surface area contributed by atoms with Gasteiger partial charge in [0, 0.05) is 63.2 Å². The van der Waals surface area contributed by atoms with E-state index in [0.29, 0.717) is 67.3 Å². The van der Waals surface area contributed by atoms with E-state index in [1.807, 2.05) is 12.1 Å². The van der Waals surface area contributed by atoms with E-state index in [4.69, 9.17) is 20.8 Å². The van der Waals surface area contributed by atoms with Crippen LogP contribution in [0.3, 0.4) is 0 Å². The lowest BCUT2D eigenvalue weighted by molar-refractivity contribution is -0.138. The number of aromatic amines is 1. The summed E-state index contributed by atoms with van der Waals surface area (Å²) in [6.07, 6.45) is 0.0647. The summed E-state index contributed by atoms with van der Waals surface area (Å²) < 4.78 is 10.6. The fourth-order valence-corrected chi connectivity index (χ4v) is 4.75. The standard InChI is InChI=1S/C29H35ClN4O6/c1-29(2,3)40-28(38)32(4)23(17-19-5-8-21(30)9-6-19)26(36)34-15-13-33(14-16-34)12-11-24(35)20-7-10-22-25(18-20)39-27(37)31-22/h5-10,18,23H,11-17H2,1-4H3,(H,31,37)/t23-/m1/s1. The van der Waals surface area contributed by atoms with Crippen molar-refractivity contribution in [1.29, 1.82) is 0 Å². The number of carbonyl (C=O) groups is 3. The van der Waals surface area contributed by atoms with Crippen LogP contribution in [0.15, 0.2) is 51.7 Å². The molecule has 0 spiro atoms. The number of aromatic nitrogens is 1. The maximum absolute atomic E-state index is 13.7. The van der Waals surface area contributed by atoms with Gasteiger partial charge in [-0.2, -0.15) is 0 Å². The number of nitrogens with zero attached hydrogens (tertiary/aromatic N) is 3. The van der Waals surface area contributed by atoms with Gasteiger partial charge in [-0.05, 0) is 56.7 Å². The molecular weight excluding hydrogens is 536 g/mol. The number of likely N-dealkylation sites (N-methyl/N-ethyl adjacent to an activating group) is 1. The number of hydrogen-bond donors (Lipinski definition) is 1. The van der Waals surface area contributed by atoms with E-state index in [9.17, 15) is 19.2 Å². The third kappa shape index (κ3) is 7.51. The Balaban J connectivity index is 1.36. The third-order valence-electron chi connectivity index (χ3n) is 6.86. The second-order valence-corrected chi connectivity index (χ2v) is 11.4. The van der Waals surface area contributed by atoms with E-state index in [1.54, 1.807) is 63.1 Å². The molecule has 2 heterocycles. The molecule has 3 aromatic rings. The number of rotatable bonds is 8. The normalized spacial score (nSPS) is 15.2. The van der Waals surface area contributed by atoms with E-state index in [2.05, 4.69) is 9.88 Å². The zero-order valence-electron chi connectivity index (χ0n) is 23.2. The van der Waals surface area contributed by atoms with Gasteiger partial charge in [0.05, 0.1) is 5.52 Å². The van der Waals surface area contributed by atoms with Gasteiger partial charge in [0.15, 0.2) is 11.4 Å². The number of ether oxygens (including phenoxy) is 1. The van der Waals surface area contributed by atoms with Crippen molar-refractivity contribution in [3.63, 3.8) is 0 Å². The smallest absolute Gasteiger partial charge is 0.417 e. The molecule has 11 heteroatoms. The first-order chi connectivity index (χ1) is 18.9. The molecule has 4 rings (SSSR count). The molecule has 1 aliphatic rings. The summed E-state index contributed by atoms with van der Waals surface area (Å²) in [5.41, 5.74) is 1.58. The van der Waals surface area contributed by atoms with Crippen molar-refractivity contribution >= 4 is 40.5 Å². The second kappa shape index (κ2) is 12.3. The van der Waals surface area contributed by atoms with Crippen molar-refractivity contribution in [2.75, 3.05) is 39.8 Å². The molecule has 1 atom stereocenters. The number of hydrogen-bond acceptors (Lipinski definition) is 7. The number of amides is 2. The summed E-state index contributed by atoms with van der Waals surface area (Å²) >= 11 is 6.03. The summed E-state index contributed by atoms with van der Waals surface area (Å²) in [6.45, 7) is 8.07. The number of ketones is 1. The van der Waals surface area contributed by atoms with Crippen molar-refractivity contribution in [2.45, 2.75) is 45.3 Å². The SMILES string of the molecule is CN(C(=O)OC(C)(C)C)[C@H](Cc1ccc(Cl)cc1)C(=O)N1CCN(CCC(=O)c2ccc3[nH]c(=O)oc3c2)CC1. The highest BCUT2D eigenvalue weighted by Crippen LogP contribution is 2.19. The monoisotopic (exact) mass is 570 g/mol.